The molecule has 0 aliphatic rings. The minimum atomic E-state index is -4.68. The Bertz CT molecular complexity index is 993. The van der Waals surface area contributed by atoms with E-state index in [1.807, 2.05) is 6.92 Å². The standard InChI is InChI=1S/C21H24F3NO5S/c1-3-6-20(26)25(11-12-29-2)15-16-7-4-9-18(13-16)30-31(27,28)19-10-5-8-17(14-19)21(22,23)24/h4-5,7-10,13-14H,3,6,11-12,15H2,1-2H3. The van der Waals surface area contributed by atoms with Crippen LogP contribution in [0.5, 0.6) is 5.75 Å². The lowest BCUT2D eigenvalue weighted by atomic mass is 10.2. The summed E-state index contributed by atoms with van der Waals surface area (Å²) >= 11 is 0. The number of rotatable bonds is 10. The molecule has 2 aromatic rings. The molecule has 1 amide bonds. The smallest absolute Gasteiger partial charge is 0.383 e. The summed E-state index contributed by atoms with van der Waals surface area (Å²) in [7, 11) is -2.96. The summed E-state index contributed by atoms with van der Waals surface area (Å²) in [5, 5.41) is 0. The molecular formula is C21H24F3NO5S. The van der Waals surface area contributed by atoms with E-state index in [2.05, 4.69) is 0 Å². The van der Waals surface area contributed by atoms with Crippen LogP contribution in [0.1, 0.15) is 30.9 Å². The van der Waals surface area contributed by atoms with Crippen molar-refractivity contribution in [2.75, 3.05) is 20.3 Å². The Balaban J connectivity index is 2.22. The maximum Gasteiger partial charge on any atom is 0.416 e. The van der Waals surface area contributed by atoms with Crippen LogP contribution in [-0.4, -0.2) is 39.5 Å². The maximum absolute atomic E-state index is 12.9. The highest BCUT2D eigenvalue weighted by molar-refractivity contribution is 7.87. The molecule has 0 bridgehead atoms. The number of hydrogen-bond acceptors (Lipinski definition) is 5. The Morgan fingerprint density at radius 2 is 1.81 bits per heavy atom. The number of carbonyl (C=O) groups excluding carboxylic acids is 1. The molecule has 10 heteroatoms. The molecule has 0 N–H and O–H groups in total. The van der Waals surface area contributed by atoms with Crippen LogP contribution in [0, 0.1) is 0 Å². The van der Waals surface area contributed by atoms with Gasteiger partial charge in [0.15, 0.2) is 0 Å². The van der Waals surface area contributed by atoms with Crippen molar-refractivity contribution in [3.8, 4) is 5.75 Å². The fourth-order valence-electron chi connectivity index (χ4n) is 2.78. The predicted octanol–water partition coefficient (Wildman–Crippen LogP) is 4.25. The second-order valence-electron chi connectivity index (χ2n) is 6.77. The van der Waals surface area contributed by atoms with Gasteiger partial charge < -0.3 is 13.8 Å². The number of amides is 1. The van der Waals surface area contributed by atoms with Gasteiger partial charge in [-0.15, -0.1) is 0 Å². The number of carbonyl (C=O) groups is 1. The number of hydrogen-bond donors (Lipinski definition) is 0. The Labute approximate surface area is 179 Å². The molecule has 0 saturated carbocycles. The lowest BCUT2D eigenvalue weighted by Gasteiger charge is -2.22. The van der Waals surface area contributed by atoms with Crippen LogP contribution in [0.2, 0.25) is 0 Å². The van der Waals surface area contributed by atoms with E-state index in [9.17, 15) is 26.4 Å². The molecule has 0 aromatic heterocycles. The summed E-state index contributed by atoms with van der Waals surface area (Å²) in [6.07, 6.45) is -3.63. The van der Waals surface area contributed by atoms with E-state index in [0.29, 0.717) is 37.6 Å². The average Bonchev–Trinajstić information content (AvgIpc) is 2.70. The van der Waals surface area contributed by atoms with E-state index in [4.69, 9.17) is 8.92 Å². The van der Waals surface area contributed by atoms with E-state index in [1.165, 1.54) is 19.2 Å². The molecule has 170 valence electrons. The van der Waals surface area contributed by atoms with E-state index in [0.717, 1.165) is 18.2 Å². The molecule has 0 spiro atoms. The summed E-state index contributed by atoms with van der Waals surface area (Å²) in [5.74, 6) is -0.132. The fourth-order valence-corrected chi connectivity index (χ4v) is 3.75. The largest absolute Gasteiger partial charge is 0.416 e. The molecule has 2 aromatic carbocycles. The molecule has 6 nitrogen and oxygen atoms in total. The first kappa shape index (κ1) is 24.7. The Kier molecular flexibility index (Phi) is 8.46. The predicted molar refractivity (Wildman–Crippen MR) is 108 cm³/mol. The molecular weight excluding hydrogens is 435 g/mol. The zero-order valence-corrected chi connectivity index (χ0v) is 18.0. The van der Waals surface area contributed by atoms with Crippen LogP contribution in [0.25, 0.3) is 0 Å². The number of nitrogens with zero attached hydrogens (tertiary/aromatic N) is 1. The minimum absolute atomic E-state index is 0.0652. The second kappa shape index (κ2) is 10.6. The molecule has 0 heterocycles. The fraction of sp³-hybridized carbons (Fsp3) is 0.381. The van der Waals surface area contributed by atoms with Crippen molar-refractivity contribution in [1.29, 1.82) is 0 Å². The van der Waals surface area contributed by atoms with E-state index < -0.39 is 26.8 Å². The van der Waals surface area contributed by atoms with Crippen molar-refractivity contribution >= 4 is 16.0 Å². The first-order valence-electron chi connectivity index (χ1n) is 9.54. The molecule has 0 aliphatic carbocycles. The van der Waals surface area contributed by atoms with Crippen molar-refractivity contribution in [3.05, 3.63) is 59.7 Å². The minimum Gasteiger partial charge on any atom is -0.383 e. The van der Waals surface area contributed by atoms with Gasteiger partial charge in [0.1, 0.15) is 10.6 Å². The third kappa shape index (κ3) is 7.25. The highest BCUT2D eigenvalue weighted by Crippen LogP contribution is 2.31. The van der Waals surface area contributed by atoms with Crippen LogP contribution in [0.4, 0.5) is 13.2 Å². The monoisotopic (exact) mass is 459 g/mol. The molecule has 2 rings (SSSR count). The number of halogens is 3. The molecule has 0 radical (unpaired) electrons. The summed E-state index contributed by atoms with van der Waals surface area (Å²) < 4.78 is 73.7. The Morgan fingerprint density at radius 1 is 1.10 bits per heavy atom. The average molecular weight is 459 g/mol. The third-order valence-corrected chi connectivity index (χ3v) is 5.55. The molecule has 0 saturated heterocycles. The van der Waals surface area contributed by atoms with Gasteiger partial charge in [0, 0.05) is 26.6 Å². The van der Waals surface area contributed by atoms with E-state index in [-0.39, 0.29) is 18.2 Å². The third-order valence-electron chi connectivity index (χ3n) is 4.31. The lowest BCUT2D eigenvalue weighted by Crippen LogP contribution is -2.33. The van der Waals surface area contributed by atoms with Crippen LogP contribution in [0.3, 0.4) is 0 Å². The molecule has 0 fully saturated rings. The topological polar surface area (TPSA) is 72.9 Å². The molecule has 0 atom stereocenters. The first-order chi connectivity index (χ1) is 14.6. The summed E-state index contributed by atoms with van der Waals surface area (Å²) in [4.78, 5) is 13.3. The normalized spacial score (nSPS) is 11.9. The number of ether oxygens (including phenoxy) is 1. The van der Waals surface area contributed by atoms with E-state index in [1.54, 1.807) is 17.0 Å². The first-order valence-corrected chi connectivity index (χ1v) is 10.9. The van der Waals surface area contributed by atoms with Crippen LogP contribution >= 0.6 is 0 Å². The SMILES string of the molecule is CCCC(=O)N(CCOC)Cc1cccc(OS(=O)(=O)c2cccc(C(F)(F)F)c2)c1. The Morgan fingerprint density at radius 3 is 2.45 bits per heavy atom. The summed E-state index contributed by atoms with van der Waals surface area (Å²) in [5.41, 5.74) is -0.480. The van der Waals surface area contributed by atoms with Crippen molar-refractivity contribution < 1.29 is 35.3 Å². The number of alkyl halides is 3. The van der Waals surface area contributed by atoms with E-state index >= 15 is 0 Å². The second-order valence-corrected chi connectivity index (χ2v) is 8.31. The van der Waals surface area contributed by atoms with Crippen LogP contribution < -0.4 is 4.18 Å². The zero-order chi connectivity index (χ0) is 23.1. The Hall–Kier alpha value is -2.59. The highest BCUT2D eigenvalue weighted by Gasteiger charge is 2.32. The van der Waals surface area contributed by atoms with Gasteiger partial charge in [-0.1, -0.05) is 25.1 Å². The molecule has 0 unspecified atom stereocenters. The maximum atomic E-state index is 12.9. The summed E-state index contributed by atoms with van der Waals surface area (Å²) in [6.45, 7) is 2.81. The van der Waals surface area contributed by atoms with Gasteiger partial charge in [-0.05, 0) is 42.3 Å². The quantitative estimate of drug-likeness (QED) is 0.497. The number of benzene rings is 2. The van der Waals surface area contributed by atoms with Crippen molar-refractivity contribution in [2.45, 2.75) is 37.4 Å². The van der Waals surface area contributed by atoms with Crippen molar-refractivity contribution in [2.24, 2.45) is 0 Å². The van der Waals surface area contributed by atoms with Gasteiger partial charge in [0.2, 0.25) is 5.91 Å². The van der Waals surface area contributed by atoms with Gasteiger partial charge in [0.25, 0.3) is 0 Å². The van der Waals surface area contributed by atoms with Crippen LogP contribution in [0.15, 0.2) is 53.4 Å². The zero-order valence-electron chi connectivity index (χ0n) is 17.2. The van der Waals surface area contributed by atoms with Gasteiger partial charge >= 0.3 is 16.3 Å². The molecule has 31 heavy (non-hydrogen) atoms. The summed E-state index contributed by atoms with van der Waals surface area (Å²) in [6, 6.07) is 9.39. The van der Waals surface area contributed by atoms with Gasteiger partial charge in [-0.25, -0.2) is 0 Å². The van der Waals surface area contributed by atoms with Gasteiger partial charge in [0.05, 0.1) is 12.2 Å². The van der Waals surface area contributed by atoms with Crippen LogP contribution in [-0.2, 0) is 32.4 Å². The number of methoxy groups -OCH3 is 1. The van der Waals surface area contributed by atoms with Gasteiger partial charge in [-0.2, -0.15) is 21.6 Å². The molecule has 0 aliphatic heterocycles. The van der Waals surface area contributed by atoms with Gasteiger partial charge in [-0.3, -0.25) is 4.79 Å². The highest BCUT2D eigenvalue weighted by atomic mass is 32.2. The van der Waals surface area contributed by atoms with Crippen molar-refractivity contribution in [1.82, 2.24) is 4.90 Å². The lowest BCUT2D eigenvalue weighted by molar-refractivity contribution is -0.137. The van der Waals surface area contributed by atoms with Crippen molar-refractivity contribution in [3.63, 3.8) is 0 Å².